The Hall–Kier alpha value is -0.510. The van der Waals surface area contributed by atoms with Crippen LogP contribution in [0.2, 0.25) is 0 Å². The van der Waals surface area contributed by atoms with Crippen LogP contribution in [0.15, 0.2) is 30.3 Å². The number of rotatable bonds is 6. The number of hydrogen-bond acceptors (Lipinski definition) is 2. The molecule has 1 saturated heterocycles. The number of aliphatic hydroxyl groups excluding tert-OH is 1. The summed E-state index contributed by atoms with van der Waals surface area (Å²) in [5.74, 6) is 1.19. The van der Waals surface area contributed by atoms with Crippen molar-refractivity contribution in [3.63, 3.8) is 0 Å². The smallest absolute Gasteiger partial charge is 0.0790 e. The van der Waals surface area contributed by atoms with Gasteiger partial charge in [-0.15, -0.1) is 0 Å². The molecule has 1 aliphatic heterocycles. The first-order chi connectivity index (χ1) is 8.86. The predicted molar refractivity (Wildman–Crippen MR) is 78.0 cm³/mol. The molecule has 1 N–H and O–H groups in total. The third-order valence-electron chi connectivity index (χ3n) is 3.37. The lowest BCUT2D eigenvalue weighted by atomic mass is 10.0. The van der Waals surface area contributed by atoms with E-state index in [1.807, 2.05) is 30.3 Å². The molecule has 1 heterocycles. The average Bonchev–Trinajstić information content (AvgIpc) is 2.45. The standard InChI is InChI=1S/C15H22NOS/c17-15(13-6-2-1-3-7-13)9-5-4-8-14-12-16-10-11-18-14/h1-3,6-7,14-15,17H,4-5,8-12H2. The topological polar surface area (TPSA) is 34.3 Å². The molecule has 0 spiro atoms. The van der Waals surface area contributed by atoms with Crippen molar-refractivity contribution in [1.82, 2.24) is 5.32 Å². The van der Waals surface area contributed by atoms with Gasteiger partial charge in [0.2, 0.25) is 0 Å². The second-order valence-corrected chi connectivity index (χ2v) is 6.24. The molecule has 2 unspecified atom stereocenters. The van der Waals surface area contributed by atoms with Crippen LogP contribution in [0, 0.1) is 0 Å². The summed E-state index contributed by atoms with van der Waals surface area (Å²) in [7, 11) is 0. The summed E-state index contributed by atoms with van der Waals surface area (Å²) in [6, 6.07) is 9.96. The molecule has 0 saturated carbocycles. The molecule has 2 rings (SSSR count). The number of benzene rings is 1. The Bertz CT molecular complexity index is 325. The molecule has 1 radical (unpaired) electrons. The van der Waals surface area contributed by atoms with E-state index in [9.17, 15) is 5.11 Å². The lowest BCUT2D eigenvalue weighted by molar-refractivity contribution is 0.163. The Morgan fingerprint density at radius 3 is 2.83 bits per heavy atom. The van der Waals surface area contributed by atoms with Crippen molar-refractivity contribution in [2.75, 3.05) is 18.8 Å². The highest BCUT2D eigenvalue weighted by Crippen LogP contribution is 2.23. The molecule has 0 amide bonds. The molecular formula is C15H22NOS. The maximum Gasteiger partial charge on any atom is 0.0790 e. The second-order valence-electron chi connectivity index (χ2n) is 4.83. The lowest BCUT2D eigenvalue weighted by Crippen LogP contribution is -2.27. The number of aliphatic hydroxyl groups is 1. The molecule has 1 aliphatic rings. The minimum atomic E-state index is -0.296. The Kier molecular flexibility index (Phi) is 6.05. The van der Waals surface area contributed by atoms with Crippen molar-refractivity contribution in [3.8, 4) is 0 Å². The van der Waals surface area contributed by atoms with Gasteiger partial charge in [0.1, 0.15) is 0 Å². The molecule has 0 aliphatic carbocycles. The Morgan fingerprint density at radius 2 is 2.11 bits per heavy atom. The Morgan fingerprint density at radius 1 is 1.28 bits per heavy atom. The van der Waals surface area contributed by atoms with Gasteiger partial charge in [0.05, 0.1) is 6.10 Å². The van der Waals surface area contributed by atoms with Crippen molar-refractivity contribution in [2.45, 2.75) is 37.0 Å². The SMILES string of the molecule is OC(CCCCC1C[N]CCS1)c1ccccc1. The van der Waals surface area contributed by atoms with Crippen LogP contribution in [0.4, 0.5) is 0 Å². The zero-order valence-electron chi connectivity index (χ0n) is 10.8. The van der Waals surface area contributed by atoms with Crippen LogP contribution in [-0.4, -0.2) is 29.2 Å². The van der Waals surface area contributed by atoms with Crippen LogP contribution in [0.5, 0.6) is 0 Å². The van der Waals surface area contributed by atoms with Gasteiger partial charge in [-0.25, -0.2) is 5.32 Å². The van der Waals surface area contributed by atoms with Gasteiger partial charge < -0.3 is 5.11 Å². The van der Waals surface area contributed by atoms with Crippen LogP contribution >= 0.6 is 11.8 Å². The first-order valence-electron chi connectivity index (χ1n) is 6.84. The molecule has 18 heavy (non-hydrogen) atoms. The van der Waals surface area contributed by atoms with Crippen molar-refractivity contribution >= 4 is 11.8 Å². The highest BCUT2D eigenvalue weighted by Gasteiger charge is 2.14. The quantitative estimate of drug-likeness (QED) is 0.802. The summed E-state index contributed by atoms with van der Waals surface area (Å²) in [5, 5.41) is 15.2. The van der Waals surface area contributed by atoms with Gasteiger partial charge in [0.15, 0.2) is 0 Å². The molecule has 99 valence electrons. The monoisotopic (exact) mass is 264 g/mol. The molecule has 1 aromatic rings. The largest absolute Gasteiger partial charge is 0.388 e. The molecule has 3 heteroatoms. The fourth-order valence-corrected chi connectivity index (χ4v) is 3.41. The third-order valence-corrected chi connectivity index (χ3v) is 4.65. The first kappa shape index (κ1) is 13.9. The van der Waals surface area contributed by atoms with Gasteiger partial charge in [-0.05, 0) is 18.4 Å². The van der Waals surface area contributed by atoms with E-state index in [-0.39, 0.29) is 6.10 Å². The van der Waals surface area contributed by atoms with Crippen LogP contribution in [0.25, 0.3) is 0 Å². The van der Waals surface area contributed by atoms with E-state index < -0.39 is 0 Å². The Balaban J connectivity index is 1.60. The predicted octanol–water partition coefficient (Wildman–Crippen LogP) is 3.00. The highest BCUT2D eigenvalue weighted by atomic mass is 32.2. The van der Waals surface area contributed by atoms with Crippen molar-refractivity contribution in [1.29, 1.82) is 0 Å². The number of thioether (sulfide) groups is 1. The fraction of sp³-hybridized carbons (Fsp3) is 0.600. The maximum atomic E-state index is 10.0. The second kappa shape index (κ2) is 7.82. The fourth-order valence-electron chi connectivity index (χ4n) is 2.30. The lowest BCUT2D eigenvalue weighted by Gasteiger charge is -2.21. The van der Waals surface area contributed by atoms with Gasteiger partial charge in [-0.1, -0.05) is 43.2 Å². The third kappa shape index (κ3) is 4.63. The van der Waals surface area contributed by atoms with Gasteiger partial charge in [-0.3, -0.25) is 0 Å². The van der Waals surface area contributed by atoms with Gasteiger partial charge in [-0.2, -0.15) is 11.8 Å². The summed E-state index contributed by atoms with van der Waals surface area (Å²) < 4.78 is 0. The zero-order chi connectivity index (χ0) is 12.6. The molecule has 1 fully saturated rings. The van der Waals surface area contributed by atoms with Crippen LogP contribution in [-0.2, 0) is 0 Å². The molecule has 1 aromatic carbocycles. The summed E-state index contributed by atoms with van der Waals surface area (Å²) in [4.78, 5) is 0. The maximum absolute atomic E-state index is 10.0. The van der Waals surface area contributed by atoms with E-state index in [0.717, 1.165) is 36.7 Å². The summed E-state index contributed by atoms with van der Waals surface area (Å²) in [6.45, 7) is 2.07. The van der Waals surface area contributed by atoms with Crippen LogP contribution in [0.3, 0.4) is 0 Å². The van der Waals surface area contributed by atoms with E-state index in [2.05, 4.69) is 17.1 Å². The number of unbranched alkanes of at least 4 members (excludes halogenated alkanes) is 1. The average molecular weight is 264 g/mol. The minimum absolute atomic E-state index is 0.296. The summed E-state index contributed by atoms with van der Waals surface area (Å²) in [5.41, 5.74) is 1.04. The zero-order valence-corrected chi connectivity index (χ0v) is 11.6. The van der Waals surface area contributed by atoms with E-state index in [0.29, 0.717) is 0 Å². The van der Waals surface area contributed by atoms with E-state index in [1.165, 1.54) is 18.6 Å². The summed E-state index contributed by atoms with van der Waals surface area (Å²) >= 11 is 2.06. The molecule has 0 bridgehead atoms. The van der Waals surface area contributed by atoms with Crippen molar-refractivity contribution in [2.24, 2.45) is 0 Å². The van der Waals surface area contributed by atoms with Gasteiger partial charge in [0, 0.05) is 24.1 Å². The molecule has 0 aromatic heterocycles. The van der Waals surface area contributed by atoms with E-state index in [1.54, 1.807) is 0 Å². The molecule has 2 atom stereocenters. The van der Waals surface area contributed by atoms with Gasteiger partial charge >= 0.3 is 0 Å². The van der Waals surface area contributed by atoms with E-state index in [4.69, 9.17) is 0 Å². The molecule has 2 nitrogen and oxygen atoms in total. The van der Waals surface area contributed by atoms with Crippen LogP contribution < -0.4 is 5.32 Å². The minimum Gasteiger partial charge on any atom is -0.388 e. The summed E-state index contributed by atoms with van der Waals surface area (Å²) in [6.07, 6.45) is 4.13. The number of hydrogen-bond donors (Lipinski definition) is 1. The Labute approximate surface area is 114 Å². The molecular weight excluding hydrogens is 242 g/mol. The highest BCUT2D eigenvalue weighted by molar-refractivity contribution is 8.00. The van der Waals surface area contributed by atoms with Crippen molar-refractivity contribution < 1.29 is 5.11 Å². The van der Waals surface area contributed by atoms with Crippen molar-refractivity contribution in [3.05, 3.63) is 35.9 Å². The van der Waals surface area contributed by atoms with Gasteiger partial charge in [0.25, 0.3) is 0 Å². The first-order valence-corrected chi connectivity index (χ1v) is 7.89. The number of nitrogens with zero attached hydrogens (tertiary/aromatic N) is 1. The van der Waals surface area contributed by atoms with E-state index >= 15 is 0 Å². The normalized spacial score (nSPS) is 21.7. The van der Waals surface area contributed by atoms with Crippen LogP contribution in [0.1, 0.15) is 37.4 Å².